The van der Waals surface area contributed by atoms with E-state index in [1.54, 1.807) is 24.4 Å². The number of nitrogens with zero attached hydrogens (tertiary/aromatic N) is 1. The summed E-state index contributed by atoms with van der Waals surface area (Å²) < 4.78 is 26.9. The molecule has 0 fully saturated rings. The van der Waals surface area contributed by atoms with Gasteiger partial charge in [0.05, 0.1) is 0 Å². The quantitative estimate of drug-likeness (QED) is 0.411. The monoisotopic (exact) mass is 417 g/mol. The molecule has 0 unspecified atom stereocenters. The molecule has 1 aliphatic heterocycles. The van der Waals surface area contributed by atoms with E-state index in [0.717, 1.165) is 33.5 Å². The number of benzene rings is 3. The van der Waals surface area contributed by atoms with Gasteiger partial charge in [-0.2, -0.15) is 0 Å². The van der Waals surface area contributed by atoms with Gasteiger partial charge in [0.2, 0.25) is 0 Å². The maximum atomic E-state index is 13.0. The van der Waals surface area contributed by atoms with Crippen LogP contribution in [0.25, 0.3) is 33.5 Å². The van der Waals surface area contributed by atoms with Gasteiger partial charge in [0, 0.05) is 0 Å². The molecule has 0 N–H and O–H groups in total. The third-order valence-electron chi connectivity index (χ3n) is 4.90. The van der Waals surface area contributed by atoms with Crippen molar-refractivity contribution >= 4 is 21.6 Å². The van der Waals surface area contributed by atoms with Crippen LogP contribution in [0.2, 0.25) is 0 Å². The van der Waals surface area contributed by atoms with Gasteiger partial charge in [-0.25, -0.2) is 0 Å². The van der Waals surface area contributed by atoms with Gasteiger partial charge in [0.15, 0.2) is 0 Å². The molecule has 2 heterocycles. The third kappa shape index (κ3) is 2.54. The molecule has 0 aliphatic carbocycles. The summed E-state index contributed by atoms with van der Waals surface area (Å²) in [6.45, 7) is 0. The van der Waals surface area contributed by atoms with Gasteiger partial charge < -0.3 is 0 Å². The average molecular weight is 416 g/mol. The molecule has 0 saturated heterocycles. The van der Waals surface area contributed by atoms with Crippen LogP contribution in [-0.4, -0.2) is 17.7 Å². The molecule has 3 nitrogen and oxygen atoms in total. The summed E-state index contributed by atoms with van der Waals surface area (Å²) >= 11 is -4.35. The van der Waals surface area contributed by atoms with E-state index < -0.39 is 12.7 Å². The van der Waals surface area contributed by atoms with Crippen LogP contribution in [0.3, 0.4) is 0 Å². The first kappa shape index (κ1) is 16.1. The first-order chi connectivity index (χ1) is 13.1. The Labute approximate surface area is 159 Å². The maximum absolute atomic E-state index is 13.0. The Hall–Kier alpha value is -3.07. The zero-order valence-corrected chi connectivity index (χ0v) is 16.0. The SMILES string of the molecule is O=[Se]1(=O)c2ccccc2-c2ccc(-c3ccnc(-c4ccccc4)c3)cc21. The zero-order valence-electron chi connectivity index (χ0n) is 14.3. The van der Waals surface area contributed by atoms with Crippen LogP contribution in [0.1, 0.15) is 0 Å². The Morgan fingerprint density at radius 2 is 1.30 bits per heavy atom. The van der Waals surface area contributed by atoms with Crippen molar-refractivity contribution in [2.75, 3.05) is 0 Å². The Bertz CT molecular complexity index is 1280. The Balaban J connectivity index is 1.65. The molecule has 0 atom stereocenters. The number of rotatable bonds is 2. The van der Waals surface area contributed by atoms with E-state index in [4.69, 9.17) is 0 Å². The number of aromatic nitrogens is 1. The second-order valence-corrected chi connectivity index (χ2v) is 10.5. The van der Waals surface area contributed by atoms with Crippen LogP contribution in [-0.2, 0) is 7.67 Å². The number of hydrogen-bond acceptors (Lipinski definition) is 3. The van der Waals surface area contributed by atoms with Crippen molar-refractivity contribution in [3.05, 3.63) is 91.1 Å². The summed E-state index contributed by atoms with van der Waals surface area (Å²) in [5.74, 6) is 0. The van der Waals surface area contributed by atoms with E-state index in [2.05, 4.69) is 4.98 Å². The number of hydrogen-bond donors (Lipinski definition) is 0. The minimum absolute atomic E-state index is 0.447. The topological polar surface area (TPSA) is 47.0 Å². The Kier molecular flexibility index (Phi) is 3.57. The normalized spacial score (nSPS) is 13.8. The molecule has 1 aromatic heterocycles. The van der Waals surface area contributed by atoms with Gasteiger partial charge in [-0.1, -0.05) is 0 Å². The van der Waals surface area contributed by atoms with Crippen LogP contribution in [0.15, 0.2) is 91.1 Å². The molecule has 0 amide bonds. The molecule has 3 aromatic carbocycles. The van der Waals surface area contributed by atoms with Gasteiger partial charge >= 0.3 is 159 Å². The van der Waals surface area contributed by atoms with E-state index in [-0.39, 0.29) is 0 Å². The van der Waals surface area contributed by atoms with Crippen molar-refractivity contribution in [2.24, 2.45) is 0 Å². The van der Waals surface area contributed by atoms with Gasteiger partial charge in [0.25, 0.3) is 0 Å². The predicted octanol–water partition coefficient (Wildman–Crippen LogP) is 3.81. The van der Waals surface area contributed by atoms with Crippen molar-refractivity contribution in [1.29, 1.82) is 0 Å². The molecule has 0 radical (unpaired) electrons. The molecule has 4 aromatic rings. The van der Waals surface area contributed by atoms with Gasteiger partial charge in [-0.05, 0) is 0 Å². The summed E-state index contributed by atoms with van der Waals surface area (Å²) in [4.78, 5) is 4.45. The summed E-state index contributed by atoms with van der Waals surface area (Å²) in [5, 5.41) is 0. The van der Waals surface area contributed by atoms with Crippen molar-refractivity contribution in [3.8, 4) is 33.5 Å². The van der Waals surface area contributed by atoms with Crippen molar-refractivity contribution in [2.45, 2.75) is 0 Å². The van der Waals surface area contributed by atoms with Crippen molar-refractivity contribution < 1.29 is 7.67 Å². The van der Waals surface area contributed by atoms with Gasteiger partial charge in [-0.15, -0.1) is 0 Å². The molecule has 0 bridgehead atoms. The fourth-order valence-electron chi connectivity index (χ4n) is 3.57. The van der Waals surface area contributed by atoms with Crippen molar-refractivity contribution in [3.63, 3.8) is 0 Å². The summed E-state index contributed by atoms with van der Waals surface area (Å²) in [6, 6.07) is 26.8. The van der Waals surface area contributed by atoms with E-state index in [1.165, 1.54) is 0 Å². The third-order valence-corrected chi connectivity index (χ3v) is 8.79. The molecule has 4 heteroatoms. The molecule has 27 heavy (non-hydrogen) atoms. The van der Waals surface area contributed by atoms with Crippen LogP contribution in [0.5, 0.6) is 0 Å². The molecular formula is C23H15NO2Se. The second kappa shape index (κ2) is 5.98. The average Bonchev–Trinajstić information content (AvgIpc) is 2.96. The van der Waals surface area contributed by atoms with Gasteiger partial charge in [-0.3, -0.25) is 0 Å². The Morgan fingerprint density at radius 1 is 0.593 bits per heavy atom. The van der Waals surface area contributed by atoms with Crippen LogP contribution in [0.4, 0.5) is 0 Å². The van der Waals surface area contributed by atoms with E-state index in [0.29, 0.717) is 8.92 Å². The fourth-order valence-corrected chi connectivity index (χ4v) is 7.16. The standard InChI is InChI=1S/C23H15NO2Se/c25-27(26)22-9-5-4-8-19(22)20-11-10-17(15-23(20)27)18-12-13-24-21(14-18)16-6-2-1-3-7-16/h1-15H. The summed E-state index contributed by atoms with van der Waals surface area (Å²) in [7, 11) is 0. The van der Waals surface area contributed by atoms with E-state index in [9.17, 15) is 7.67 Å². The van der Waals surface area contributed by atoms with Crippen LogP contribution in [0, 0.1) is 0 Å². The van der Waals surface area contributed by atoms with E-state index >= 15 is 0 Å². The molecule has 0 saturated carbocycles. The second-order valence-electron chi connectivity index (χ2n) is 6.51. The molecular weight excluding hydrogens is 401 g/mol. The first-order valence-electron chi connectivity index (χ1n) is 8.65. The number of fused-ring (bicyclic) bond motifs is 3. The minimum atomic E-state index is -4.35. The molecule has 130 valence electrons. The summed E-state index contributed by atoms with van der Waals surface area (Å²) in [5.41, 5.74) is 5.35. The van der Waals surface area contributed by atoms with Gasteiger partial charge in [0.1, 0.15) is 0 Å². The number of pyridine rings is 1. The first-order valence-corrected chi connectivity index (χ1v) is 11.8. The van der Waals surface area contributed by atoms with Crippen LogP contribution < -0.4 is 8.92 Å². The molecule has 5 rings (SSSR count). The molecule has 0 spiro atoms. The Morgan fingerprint density at radius 3 is 2.15 bits per heavy atom. The van der Waals surface area contributed by atoms with E-state index in [1.807, 2.05) is 66.7 Å². The zero-order chi connectivity index (χ0) is 18.4. The predicted molar refractivity (Wildman–Crippen MR) is 107 cm³/mol. The summed E-state index contributed by atoms with van der Waals surface area (Å²) in [6.07, 6.45) is 1.76. The van der Waals surface area contributed by atoms with Crippen LogP contribution >= 0.6 is 0 Å². The fraction of sp³-hybridized carbons (Fsp3) is 0. The van der Waals surface area contributed by atoms with Crippen molar-refractivity contribution in [1.82, 2.24) is 4.98 Å². The molecule has 1 aliphatic rings.